The Balaban J connectivity index is 2.23. The Bertz CT molecular complexity index is 961. The monoisotopic (exact) mass is 357 g/mol. The topological polar surface area (TPSA) is 74.7 Å². The van der Waals surface area contributed by atoms with Gasteiger partial charge in [0.1, 0.15) is 11.4 Å². The number of aromatic hydroxyl groups is 1. The van der Waals surface area contributed by atoms with E-state index in [2.05, 4.69) is 0 Å². The summed E-state index contributed by atoms with van der Waals surface area (Å²) in [5.41, 5.74) is 0.832. The lowest BCUT2D eigenvalue weighted by Crippen LogP contribution is -2.40. The average molecular weight is 357 g/mol. The number of fused-ring (bicyclic) bond motifs is 1. The Labute approximate surface area is 147 Å². The van der Waals surface area contributed by atoms with Crippen LogP contribution in [0, 0.1) is 5.92 Å². The number of hydrogen-bond acceptors (Lipinski definition) is 4. The number of hydrogen-bond donors (Lipinski definition) is 1. The van der Waals surface area contributed by atoms with E-state index in [0.717, 1.165) is 0 Å². The van der Waals surface area contributed by atoms with Crippen LogP contribution >= 0.6 is 0 Å². The normalized spacial score (nSPS) is 17.8. The molecule has 1 aliphatic heterocycles. The highest BCUT2D eigenvalue weighted by Crippen LogP contribution is 2.33. The Morgan fingerprint density at radius 2 is 1.84 bits per heavy atom. The van der Waals surface area contributed by atoms with E-state index in [1.165, 1.54) is 34.6 Å². The second-order valence-electron chi connectivity index (χ2n) is 6.38. The van der Waals surface area contributed by atoms with Crippen LogP contribution < -0.4 is 0 Å². The zero-order valence-corrected chi connectivity index (χ0v) is 14.8. The Kier molecular flexibility index (Phi) is 4.39. The summed E-state index contributed by atoms with van der Waals surface area (Å²) < 4.78 is 27.2. The summed E-state index contributed by atoms with van der Waals surface area (Å²) in [6, 6.07) is 12.6. The van der Waals surface area contributed by atoms with Crippen LogP contribution in [-0.4, -0.2) is 30.2 Å². The predicted molar refractivity (Wildman–Crippen MR) is 95.6 cm³/mol. The highest BCUT2D eigenvalue weighted by atomic mass is 32.2. The fraction of sp³-hybridized carbons (Fsp3) is 0.211. The number of phenolic OH excluding ortho intramolecular Hbond substituents is 1. The van der Waals surface area contributed by atoms with Gasteiger partial charge in [-0.2, -0.15) is 0 Å². The number of Topliss-reactive ketones (excluding diaryl/α,β-unsaturated/α-hetero) is 1. The van der Waals surface area contributed by atoms with Gasteiger partial charge < -0.3 is 5.11 Å². The average Bonchev–Trinajstić information content (AvgIpc) is 2.56. The minimum absolute atomic E-state index is 0.0358. The van der Waals surface area contributed by atoms with Crippen molar-refractivity contribution >= 4 is 21.9 Å². The first kappa shape index (κ1) is 17.2. The first-order valence-corrected chi connectivity index (χ1v) is 9.42. The molecule has 0 saturated heterocycles. The maximum Gasteiger partial charge on any atom is 0.265 e. The number of carbonyl (C=O) groups excluding carboxylic acids is 1. The Morgan fingerprint density at radius 1 is 1.12 bits per heavy atom. The minimum Gasteiger partial charge on any atom is -0.508 e. The molecule has 0 spiro atoms. The van der Waals surface area contributed by atoms with Gasteiger partial charge in [-0.3, -0.25) is 9.10 Å². The first-order valence-electron chi connectivity index (χ1n) is 7.98. The van der Waals surface area contributed by atoms with E-state index in [4.69, 9.17) is 0 Å². The van der Waals surface area contributed by atoms with Gasteiger partial charge in [0.2, 0.25) is 5.78 Å². The van der Waals surface area contributed by atoms with Crippen LogP contribution in [0.3, 0.4) is 0 Å². The SMILES string of the molecule is CC(C)CN1C(=Cc2cccc(O)c2)C(=O)c2ccccc2S1(=O)=O. The number of phenols is 1. The molecule has 5 nitrogen and oxygen atoms in total. The van der Waals surface area contributed by atoms with Crippen LogP contribution in [0.2, 0.25) is 0 Å². The molecule has 0 atom stereocenters. The molecule has 0 unspecified atom stereocenters. The fourth-order valence-electron chi connectivity index (χ4n) is 2.82. The third kappa shape index (κ3) is 3.17. The summed E-state index contributed by atoms with van der Waals surface area (Å²) in [7, 11) is -3.81. The molecule has 0 aliphatic carbocycles. The van der Waals surface area contributed by atoms with Crippen molar-refractivity contribution in [1.29, 1.82) is 0 Å². The molecule has 3 rings (SSSR count). The van der Waals surface area contributed by atoms with E-state index in [1.807, 2.05) is 13.8 Å². The van der Waals surface area contributed by atoms with Crippen molar-refractivity contribution in [1.82, 2.24) is 4.31 Å². The highest BCUT2D eigenvalue weighted by Gasteiger charge is 2.39. The molecule has 0 saturated carbocycles. The number of allylic oxidation sites excluding steroid dienone is 1. The predicted octanol–water partition coefficient (Wildman–Crippen LogP) is 3.28. The van der Waals surface area contributed by atoms with Crippen molar-refractivity contribution in [2.24, 2.45) is 5.92 Å². The van der Waals surface area contributed by atoms with E-state index in [9.17, 15) is 18.3 Å². The standard InChI is InChI=1S/C19H19NO4S/c1-13(2)12-20-17(11-14-6-5-7-15(21)10-14)19(22)16-8-3-4-9-18(16)25(20,23)24/h3-11,13,21H,12H2,1-2H3. The summed E-state index contributed by atoms with van der Waals surface area (Å²) in [6.45, 7) is 3.99. The maximum atomic E-state index is 13.0. The van der Waals surface area contributed by atoms with Crippen molar-refractivity contribution in [2.75, 3.05) is 6.54 Å². The number of nitrogens with zero attached hydrogens (tertiary/aromatic N) is 1. The largest absolute Gasteiger partial charge is 0.508 e. The summed E-state index contributed by atoms with van der Waals surface area (Å²) in [5.74, 6) is -0.244. The third-order valence-electron chi connectivity index (χ3n) is 3.91. The zero-order chi connectivity index (χ0) is 18.2. The molecule has 0 aromatic heterocycles. The lowest BCUT2D eigenvalue weighted by Gasteiger charge is -2.32. The molecular weight excluding hydrogens is 338 g/mol. The molecule has 0 bridgehead atoms. The smallest absolute Gasteiger partial charge is 0.265 e. The van der Waals surface area contributed by atoms with E-state index < -0.39 is 10.0 Å². The van der Waals surface area contributed by atoms with Crippen LogP contribution in [0.15, 0.2) is 59.1 Å². The summed E-state index contributed by atoms with van der Waals surface area (Å²) in [5, 5.41) is 9.63. The second-order valence-corrected chi connectivity index (χ2v) is 8.21. The lowest BCUT2D eigenvalue weighted by molar-refractivity contribution is 0.1000. The fourth-order valence-corrected chi connectivity index (χ4v) is 4.63. The van der Waals surface area contributed by atoms with Crippen LogP contribution in [0.1, 0.15) is 29.8 Å². The lowest BCUT2D eigenvalue weighted by atomic mass is 10.0. The molecule has 2 aromatic carbocycles. The van der Waals surface area contributed by atoms with Gasteiger partial charge in [-0.25, -0.2) is 8.42 Å². The maximum absolute atomic E-state index is 13.0. The highest BCUT2D eigenvalue weighted by molar-refractivity contribution is 7.89. The van der Waals surface area contributed by atoms with Gasteiger partial charge in [0, 0.05) is 12.1 Å². The molecule has 25 heavy (non-hydrogen) atoms. The molecule has 0 radical (unpaired) electrons. The number of ketones is 1. The molecule has 0 amide bonds. The van der Waals surface area contributed by atoms with Crippen LogP contribution in [0.5, 0.6) is 5.75 Å². The van der Waals surface area contributed by atoms with Crippen LogP contribution in [0.25, 0.3) is 6.08 Å². The van der Waals surface area contributed by atoms with Gasteiger partial charge in [0.05, 0.1) is 4.90 Å². The van der Waals surface area contributed by atoms with Crippen LogP contribution in [-0.2, 0) is 10.0 Å². The van der Waals surface area contributed by atoms with Crippen LogP contribution in [0.4, 0.5) is 0 Å². The van der Waals surface area contributed by atoms with Gasteiger partial charge in [-0.1, -0.05) is 38.1 Å². The van der Waals surface area contributed by atoms with Gasteiger partial charge >= 0.3 is 0 Å². The van der Waals surface area contributed by atoms with Crippen molar-refractivity contribution in [3.8, 4) is 5.75 Å². The minimum atomic E-state index is -3.81. The molecular formula is C19H19NO4S. The van der Waals surface area contributed by atoms with E-state index in [0.29, 0.717) is 5.56 Å². The van der Waals surface area contributed by atoms with Gasteiger partial charge in [-0.15, -0.1) is 0 Å². The zero-order valence-electron chi connectivity index (χ0n) is 14.0. The molecule has 1 heterocycles. The van der Waals surface area contributed by atoms with Gasteiger partial charge in [0.15, 0.2) is 0 Å². The molecule has 6 heteroatoms. The molecule has 1 aliphatic rings. The summed E-state index contributed by atoms with van der Waals surface area (Å²) in [6.07, 6.45) is 1.51. The van der Waals surface area contributed by atoms with Gasteiger partial charge in [-0.05, 0) is 41.8 Å². The van der Waals surface area contributed by atoms with E-state index >= 15 is 0 Å². The second kappa shape index (κ2) is 6.37. The Hall–Kier alpha value is -2.60. The van der Waals surface area contributed by atoms with Crippen molar-refractivity contribution in [3.63, 3.8) is 0 Å². The molecule has 1 N–H and O–H groups in total. The number of sulfonamides is 1. The first-order chi connectivity index (χ1) is 11.8. The molecule has 0 fully saturated rings. The van der Waals surface area contributed by atoms with Gasteiger partial charge in [0.25, 0.3) is 10.0 Å². The number of carbonyl (C=O) groups is 1. The van der Waals surface area contributed by atoms with Crippen molar-refractivity contribution in [3.05, 3.63) is 65.4 Å². The van der Waals surface area contributed by atoms with E-state index in [-0.39, 0.29) is 40.2 Å². The van der Waals surface area contributed by atoms with Crippen molar-refractivity contribution < 1.29 is 18.3 Å². The molecule has 130 valence electrons. The number of benzene rings is 2. The van der Waals surface area contributed by atoms with E-state index in [1.54, 1.807) is 24.3 Å². The quantitative estimate of drug-likeness (QED) is 0.856. The summed E-state index contributed by atoms with van der Waals surface area (Å²) in [4.78, 5) is 13.0. The molecule has 2 aromatic rings. The van der Waals surface area contributed by atoms with Crippen molar-refractivity contribution in [2.45, 2.75) is 18.7 Å². The third-order valence-corrected chi connectivity index (χ3v) is 5.74. The number of rotatable bonds is 3. The Morgan fingerprint density at radius 3 is 2.52 bits per heavy atom. The summed E-state index contributed by atoms with van der Waals surface area (Å²) >= 11 is 0.